The van der Waals surface area contributed by atoms with Gasteiger partial charge >= 0.3 is 0 Å². The second kappa shape index (κ2) is 11.5. The van der Waals surface area contributed by atoms with E-state index in [-0.39, 0.29) is 17.2 Å². The molecule has 0 spiro atoms. The Morgan fingerprint density at radius 3 is 2.56 bits per heavy atom. The molecule has 0 bridgehead atoms. The summed E-state index contributed by atoms with van der Waals surface area (Å²) in [6.07, 6.45) is 1.51. The maximum absolute atomic E-state index is 13.3. The molecule has 3 aromatic rings. The predicted molar refractivity (Wildman–Crippen MR) is 143 cm³/mol. The molecule has 1 fully saturated rings. The molecule has 184 valence electrons. The number of carbonyl (C=O) groups is 3. The summed E-state index contributed by atoms with van der Waals surface area (Å²) in [6, 6.07) is 15.8. The largest absolute Gasteiger partial charge is 0.486 e. The highest BCUT2D eigenvalue weighted by molar-refractivity contribution is 9.10. The summed E-state index contributed by atoms with van der Waals surface area (Å²) in [5.74, 6) is -1.34. The van der Waals surface area contributed by atoms with Crippen molar-refractivity contribution < 1.29 is 23.5 Å². The monoisotopic (exact) mass is 608 g/mol. The molecule has 3 aromatic carbocycles. The molecule has 1 aliphatic rings. The van der Waals surface area contributed by atoms with E-state index < -0.39 is 29.4 Å². The van der Waals surface area contributed by atoms with Gasteiger partial charge in [0, 0.05) is 10.7 Å². The Kier molecular flexibility index (Phi) is 8.35. The van der Waals surface area contributed by atoms with Gasteiger partial charge < -0.3 is 10.1 Å². The molecular formula is C25H16BrCl2FN2O4S. The van der Waals surface area contributed by atoms with Gasteiger partial charge in [-0.3, -0.25) is 19.3 Å². The third-order valence-corrected chi connectivity index (χ3v) is 6.93. The van der Waals surface area contributed by atoms with Crippen LogP contribution in [0.2, 0.25) is 10.0 Å². The van der Waals surface area contributed by atoms with Gasteiger partial charge in [-0.05, 0) is 87.4 Å². The topological polar surface area (TPSA) is 75.7 Å². The number of nitrogens with one attached hydrogen (secondary N) is 1. The second-order valence-electron chi connectivity index (χ2n) is 7.56. The SMILES string of the molecule is O=C(CN1C(=O)S/C(=C/c2cc(Cl)c(OCc3ccc(Cl)cc3)c(Br)c2)C1=O)Nc1cccc(F)c1. The lowest BCUT2D eigenvalue weighted by Crippen LogP contribution is -2.36. The molecule has 0 radical (unpaired) electrons. The number of amides is 3. The van der Waals surface area contributed by atoms with Gasteiger partial charge in [-0.15, -0.1) is 0 Å². The van der Waals surface area contributed by atoms with Crippen LogP contribution in [-0.2, 0) is 16.2 Å². The Morgan fingerprint density at radius 2 is 1.86 bits per heavy atom. The van der Waals surface area contributed by atoms with Crippen molar-refractivity contribution in [1.82, 2.24) is 4.90 Å². The minimum Gasteiger partial charge on any atom is -0.486 e. The number of nitrogens with zero attached hydrogens (tertiary/aromatic N) is 1. The number of carbonyl (C=O) groups excluding carboxylic acids is 3. The highest BCUT2D eigenvalue weighted by atomic mass is 79.9. The Hall–Kier alpha value is -2.85. The van der Waals surface area contributed by atoms with Crippen molar-refractivity contribution in [3.05, 3.63) is 97.0 Å². The molecule has 0 aliphatic carbocycles. The molecule has 6 nitrogen and oxygen atoms in total. The molecule has 1 aliphatic heterocycles. The molecule has 11 heteroatoms. The lowest BCUT2D eigenvalue weighted by molar-refractivity contribution is -0.127. The van der Waals surface area contributed by atoms with Crippen molar-refractivity contribution in [2.24, 2.45) is 0 Å². The third kappa shape index (κ3) is 6.47. The smallest absolute Gasteiger partial charge is 0.294 e. The fourth-order valence-corrected chi connectivity index (χ4v) is 5.19. The van der Waals surface area contributed by atoms with E-state index in [1.807, 2.05) is 12.1 Å². The molecule has 1 N–H and O–H groups in total. The van der Waals surface area contributed by atoms with E-state index in [9.17, 15) is 18.8 Å². The third-order valence-electron chi connectivity index (χ3n) is 4.90. The fraction of sp³-hybridized carbons (Fsp3) is 0.0800. The zero-order valence-corrected chi connectivity index (χ0v) is 22.2. The molecule has 4 rings (SSSR count). The molecular weight excluding hydrogens is 594 g/mol. The van der Waals surface area contributed by atoms with Crippen molar-refractivity contribution in [1.29, 1.82) is 0 Å². The number of rotatable bonds is 7. The van der Waals surface area contributed by atoms with Crippen LogP contribution < -0.4 is 10.1 Å². The minimum atomic E-state index is -0.628. The Balaban J connectivity index is 1.43. The van der Waals surface area contributed by atoms with Crippen LogP contribution in [-0.4, -0.2) is 28.5 Å². The van der Waals surface area contributed by atoms with Crippen LogP contribution in [0.25, 0.3) is 6.08 Å². The van der Waals surface area contributed by atoms with E-state index >= 15 is 0 Å². The highest BCUT2D eigenvalue weighted by Gasteiger charge is 2.36. The number of halogens is 4. The zero-order valence-electron chi connectivity index (χ0n) is 18.3. The van der Waals surface area contributed by atoms with Crippen molar-refractivity contribution in [2.75, 3.05) is 11.9 Å². The molecule has 3 amide bonds. The van der Waals surface area contributed by atoms with E-state index in [4.69, 9.17) is 27.9 Å². The van der Waals surface area contributed by atoms with Crippen LogP contribution in [0, 0.1) is 5.82 Å². The van der Waals surface area contributed by atoms with Crippen molar-refractivity contribution in [3.63, 3.8) is 0 Å². The summed E-state index contributed by atoms with van der Waals surface area (Å²) in [7, 11) is 0. The maximum Gasteiger partial charge on any atom is 0.294 e. The minimum absolute atomic E-state index is 0.136. The number of imide groups is 1. The van der Waals surface area contributed by atoms with E-state index in [1.54, 1.807) is 24.3 Å². The molecule has 1 heterocycles. The maximum atomic E-state index is 13.3. The number of ether oxygens (including phenoxy) is 1. The number of anilines is 1. The van der Waals surface area contributed by atoms with Crippen LogP contribution in [0.5, 0.6) is 5.75 Å². The average molecular weight is 610 g/mol. The van der Waals surface area contributed by atoms with Gasteiger partial charge in [0.2, 0.25) is 5.91 Å². The normalized spacial score (nSPS) is 14.4. The first-order valence-electron chi connectivity index (χ1n) is 10.4. The summed E-state index contributed by atoms with van der Waals surface area (Å²) >= 11 is 16.5. The zero-order chi connectivity index (χ0) is 25.8. The summed E-state index contributed by atoms with van der Waals surface area (Å²) < 4.78 is 19.7. The second-order valence-corrected chi connectivity index (χ2v) is 10.2. The van der Waals surface area contributed by atoms with Gasteiger partial charge in [-0.25, -0.2) is 4.39 Å². The first kappa shape index (κ1) is 26.2. The number of thioether (sulfide) groups is 1. The molecule has 36 heavy (non-hydrogen) atoms. The van der Waals surface area contributed by atoms with Gasteiger partial charge in [0.15, 0.2) is 5.75 Å². The predicted octanol–water partition coefficient (Wildman–Crippen LogP) is 7.15. The lowest BCUT2D eigenvalue weighted by Gasteiger charge is -2.12. The fourth-order valence-electron chi connectivity index (χ4n) is 3.23. The van der Waals surface area contributed by atoms with E-state index in [2.05, 4.69) is 21.2 Å². The summed E-state index contributed by atoms with van der Waals surface area (Å²) in [4.78, 5) is 38.4. The van der Waals surface area contributed by atoms with Gasteiger partial charge in [0.25, 0.3) is 11.1 Å². The van der Waals surface area contributed by atoms with E-state index in [1.165, 1.54) is 24.3 Å². The number of hydrogen-bond acceptors (Lipinski definition) is 5. The number of hydrogen-bond donors (Lipinski definition) is 1. The summed E-state index contributed by atoms with van der Waals surface area (Å²) in [6.45, 7) is -0.230. The van der Waals surface area contributed by atoms with Crippen LogP contribution in [0.3, 0.4) is 0 Å². The van der Waals surface area contributed by atoms with Crippen molar-refractivity contribution in [3.8, 4) is 5.75 Å². The highest BCUT2D eigenvalue weighted by Crippen LogP contribution is 2.38. The first-order valence-corrected chi connectivity index (χ1v) is 12.7. The number of benzene rings is 3. The van der Waals surface area contributed by atoms with Gasteiger partial charge in [0.05, 0.1) is 14.4 Å². The van der Waals surface area contributed by atoms with Crippen molar-refractivity contribution >= 4 is 79.7 Å². The van der Waals surface area contributed by atoms with Gasteiger partial charge in [0.1, 0.15) is 19.0 Å². The Bertz CT molecular complexity index is 1360. The van der Waals surface area contributed by atoms with Crippen LogP contribution in [0.15, 0.2) is 70.0 Å². The molecule has 1 saturated heterocycles. The quantitative estimate of drug-likeness (QED) is 0.288. The first-order chi connectivity index (χ1) is 17.2. The van der Waals surface area contributed by atoms with Gasteiger partial charge in [-0.1, -0.05) is 41.4 Å². The van der Waals surface area contributed by atoms with Gasteiger partial charge in [-0.2, -0.15) is 0 Å². The Morgan fingerprint density at radius 1 is 1.11 bits per heavy atom. The molecule has 0 unspecified atom stereocenters. The van der Waals surface area contributed by atoms with Crippen LogP contribution in [0.1, 0.15) is 11.1 Å². The molecule has 0 saturated carbocycles. The average Bonchev–Trinajstić information content (AvgIpc) is 3.07. The molecule has 0 atom stereocenters. The van der Waals surface area contributed by atoms with Crippen LogP contribution in [0.4, 0.5) is 14.9 Å². The molecule has 0 aromatic heterocycles. The van der Waals surface area contributed by atoms with E-state index in [0.29, 0.717) is 37.6 Å². The standard InChI is InChI=1S/C25H16BrCl2FN2O4S/c26-19-8-15(9-20(28)23(19)35-13-14-4-6-16(27)7-5-14)10-21-24(33)31(25(34)36-21)12-22(32)30-18-3-1-2-17(29)11-18/h1-11H,12-13H2,(H,30,32)/b21-10+. The Labute approximate surface area is 228 Å². The van der Waals surface area contributed by atoms with Crippen LogP contribution >= 0.6 is 50.9 Å². The summed E-state index contributed by atoms with van der Waals surface area (Å²) in [5.41, 5.74) is 1.68. The lowest BCUT2D eigenvalue weighted by atomic mass is 10.2. The summed E-state index contributed by atoms with van der Waals surface area (Å²) in [5, 5.41) is 2.80. The van der Waals surface area contributed by atoms with E-state index in [0.717, 1.165) is 16.5 Å². The van der Waals surface area contributed by atoms with Crippen molar-refractivity contribution in [2.45, 2.75) is 6.61 Å².